The van der Waals surface area contributed by atoms with Crippen molar-refractivity contribution in [2.45, 2.75) is 19.8 Å². The number of anilines is 1. The van der Waals surface area contributed by atoms with Crippen LogP contribution in [0.2, 0.25) is 0 Å². The molecule has 0 radical (unpaired) electrons. The van der Waals surface area contributed by atoms with Gasteiger partial charge in [-0.3, -0.25) is 5.43 Å². The van der Waals surface area contributed by atoms with Crippen LogP contribution in [0, 0.1) is 0 Å². The van der Waals surface area contributed by atoms with Gasteiger partial charge >= 0.3 is 5.97 Å². The topological polar surface area (TPSA) is 70.9 Å². The molecule has 138 valence electrons. The molecule has 0 amide bonds. The second-order valence-electron chi connectivity index (χ2n) is 6.12. The molecule has 5 heteroatoms. The van der Waals surface area contributed by atoms with Crippen LogP contribution in [-0.2, 0) is 0 Å². The number of rotatable bonds is 8. The number of unbranched alkanes of at least 4 members (excludes halogenated alkanes) is 1. The third-order valence-corrected chi connectivity index (χ3v) is 4.22. The van der Waals surface area contributed by atoms with Gasteiger partial charge in [0.05, 0.1) is 24.1 Å². The molecule has 0 spiro atoms. The van der Waals surface area contributed by atoms with Gasteiger partial charge in [-0.05, 0) is 35.4 Å². The van der Waals surface area contributed by atoms with E-state index in [1.165, 1.54) is 6.07 Å². The average molecular weight is 362 g/mol. The highest BCUT2D eigenvalue weighted by Gasteiger charge is 2.09. The first-order chi connectivity index (χ1) is 13.2. The first-order valence-corrected chi connectivity index (χ1v) is 8.96. The number of fused-ring (bicyclic) bond motifs is 1. The lowest BCUT2D eigenvalue weighted by atomic mass is 10.0. The normalized spacial score (nSPS) is 11.0. The van der Waals surface area contributed by atoms with Crippen molar-refractivity contribution in [2.24, 2.45) is 5.10 Å². The minimum atomic E-state index is -0.998. The molecule has 0 aliphatic heterocycles. The molecule has 5 nitrogen and oxygen atoms in total. The maximum Gasteiger partial charge on any atom is 0.337 e. The van der Waals surface area contributed by atoms with E-state index in [-0.39, 0.29) is 5.56 Å². The predicted octanol–water partition coefficient (Wildman–Crippen LogP) is 5.16. The van der Waals surface area contributed by atoms with Crippen molar-refractivity contribution >= 4 is 28.6 Å². The first kappa shape index (κ1) is 18.5. The van der Waals surface area contributed by atoms with E-state index in [2.05, 4.69) is 17.5 Å². The van der Waals surface area contributed by atoms with Crippen molar-refractivity contribution in [1.82, 2.24) is 0 Å². The third kappa shape index (κ3) is 4.44. The number of carbonyl (C=O) groups is 1. The number of carboxylic acids is 1. The van der Waals surface area contributed by atoms with Gasteiger partial charge in [-0.15, -0.1) is 0 Å². The van der Waals surface area contributed by atoms with Crippen LogP contribution in [0.4, 0.5) is 5.69 Å². The number of hydrogen-bond acceptors (Lipinski definition) is 4. The molecule has 2 N–H and O–H groups in total. The third-order valence-electron chi connectivity index (χ3n) is 4.22. The molecule has 3 aromatic carbocycles. The fourth-order valence-electron chi connectivity index (χ4n) is 2.79. The Morgan fingerprint density at radius 2 is 1.89 bits per heavy atom. The fraction of sp³-hybridized carbons (Fsp3) is 0.182. The number of aromatic carboxylic acids is 1. The second-order valence-corrected chi connectivity index (χ2v) is 6.12. The van der Waals surface area contributed by atoms with Crippen LogP contribution in [-0.4, -0.2) is 23.9 Å². The molecule has 0 fully saturated rings. The van der Waals surface area contributed by atoms with Gasteiger partial charge < -0.3 is 9.84 Å². The Bertz CT molecular complexity index is 967. The van der Waals surface area contributed by atoms with Gasteiger partial charge in [0.2, 0.25) is 0 Å². The van der Waals surface area contributed by atoms with Gasteiger partial charge in [0.1, 0.15) is 5.75 Å². The number of ether oxygens (including phenoxy) is 1. The smallest absolute Gasteiger partial charge is 0.337 e. The van der Waals surface area contributed by atoms with E-state index >= 15 is 0 Å². The highest BCUT2D eigenvalue weighted by Crippen LogP contribution is 2.27. The van der Waals surface area contributed by atoms with Crippen molar-refractivity contribution < 1.29 is 14.6 Å². The van der Waals surface area contributed by atoms with Crippen LogP contribution in [0.15, 0.2) is 65.8 Å². The monoisotopic (exact) mass is 362 g/mol. The Labute approximate surface area is 158 Å². The van der Waals surface area contributed by atoms with Crippen molar-refractivity contribution in [3.05, 3.63) is 71.8 Å². The number of hydrazone groups is 1. The van der Waals surface area contributed by atoms with Gasteiger partial charge in [-0.25, -0.2) is 4.79 Å². The summed E-state index contributed by atoms with van der Waals surface area (Å²) in [7, 11) is 0. The van der Waals surface area contributed by atoms with Crippen LogP contribution >= 0.6 is 0 Å². The van der Waals surface area contributed by atoms with Crippen molar-refractivity contribution in [3.63, 3.8) is 0 Å². The van der Waals surface area contributed by atoms with Gasteiger partial charge in [0.15, 0.2) is 0 Å². The Morgan fingerprint density at radius 3 is 2.70 bits per heavy atom. The van der Waals surface area contributed by atoms with Crippen LogP contribution < -0.4 is 10.2 Å². The molecular formula is C22H22N2O3. The zero-order valence-corrected chi connectivity index (χ0v) is 15.2. The van der Waals surface area contributed by atoms with E-state index in [9.17, 15) is 9.90 Å². The largest absolute Gasteiger partial charge is 0.493 e. The molecule has 0 aliphatic carbocycles. The lowest BCUT2D eigenvalue weighted by Crippen LogP contribution is -2.03. The summed E-state index contributed by atoms with van der Waals surface area (Å²) in [5.41, 5.74) is 4.31. The number of nitrogens with zero attached hydrogens (tertiary/aromatic N) is 1. The van der Waals surface area contributed by atoms with Crippen LogP contribution in [0.3, 0.4) is 0 Å². The molecule has 0 saturated heterocycles. The Balaban J connectivity index is 1.91. The summed E-state index contributed by atoms with van der Waals surface area (Å²) in [5.74, 6) is -0.235. The standard InChI is InChI=1S/C22H22N2O3/c1-2-3-14-27-21-13-12-16-8-4-5-9-17(16)19(21)15-23-24-20-11-7-6-10-18(20)22(25)26/h4-13,15,24H,2-3,14H2,1H3,(H,25,26). The van der Waals surface area contributed by atoms with Gasteiger partial charge in [-0.1, -0.05) is 55.8 Å². The molecule has 0 atom stereocenters. The lowest BCUT2D eigenvalue weighted by Gasteiger charge is -2.11. The maximum absolute atomic E-state index is 11.3. The zero-order chi connectivity index (χ0) is 19.1. The van der Waals surface area contributed by atoms with E-state index in [0.29, 0.717) is 12.3 Å². The summed E-state index contributed by atoms with van der Waals surface area (Å²) >= 11 is 0. The molecular weight excluding hydrogens is 340 g/mol. The average Bonchev–Trinajstić information content (AvgIpc) is 2.69. The van der Waals surface area contributed by atoms with E-state index in [1.54, 1.807) is 24.4 Å². The van der Waals surface area contributed by atoms with Crippen molar-refractivity contribution in [3.8, 4) is 5.75 Å². The molecule has 0 aromatic heterocycles. The molecule has 27 heavy (non-hydrogen) atoms. The number of para-hydroxylation sites is 1. The lowest BCUT2D eigenvalue weighted by molar-refractivity contribution is 0.0698. The molecule has 0 aliphatic rings. The fourth-order valence-corrected chi connectivity index (χ4v) is 2.79. The van der Waals surface area contributed by atoms with Gasteiger partial charge in [0.25, 0.3) is 0 Å². The van der Waals surface area contributed by atoms with Gasteiger partial charge in [0, 0.05) is 5.56 Å². The summed E-state index contributed by atoms with van der Waals surface area (Å²) in [6.07, 6.45) is 3.72. The highest BCUT2D eigenvalue weighted by atomic mass is 16.5. The Kier molecular flexibility index (Phi) is 6.05. The first-order valence-electron chi connectivity index (χ1n) is 8.96. The summed E-state index contributed by atoms with van der Waals surface area (Å²) < 4.78 is 5.94. The Hall–Kier alpha value is -3.34. The van der Waals surface area contributed by atoms with Crippen LogP contribution in [0.5, 0.6) is 5.75 Å². The quantitative estimate of drug-likeness (QED) is 0.330. The minimum Gasteiger partial charge on any atom is -0.493 e. The molecule has 3 rings (SSSR count). The molecule has 0 bridgehead atoms. The molecule has 3 aromatic rings. The number of nitrogens with one attached hydrogen (secondary N) is 1. The van der Waals surface area contributed by atoms with Gasteiger partial charge in [-0.2, -0.15) is 5.10 Å². The zero-order valence-electron chi connectivity index (χ0n) is 15.2. The van der Waals surface area contributed by atoms with Crippen molar-refractivity contribution in [1.29, 1.82) is 0 Å². The van der Waals surface area contributed by atoms with E-state index in [0.717, 1.165) is 34.9 Å². The minimum absolute atomic E-state index is 0.173. The van der Waals surface area contributed by atoms with E-state index < -0.39 is 5.97 Å². The van der Waals surface area contributed by atoms with E-state index in [4.69, 9.17) is 4.74 Å². The summed E-state index contributed by atoms with van der Waals surface area (Å²) in [6, 6.07) is 18.7. The number of carboxylic acid groups (broad SMARTS) is 1. The summed E-state index contributed by atoms with van der Waals surface area (Å²) in [4.78, 5) is 11.3. The Morgan fingerprint density at radius 1 is 1.11 bits per heavy atom. The predicted molar refractivity (Wildman–Crippen MR) is 109 cm³/mol. The number of hydrogen-bond donors (Lipinski definition) is 2. The molecule has 0 unspecified atom stereocenters. The van der Waals surface area contributed by atoms with Crippen LogP contribution in [0.1, 0.15) is 35.7 Å². The highest BCUT2D eigenvalue weighted by molar-refractivity contribution is 6.03. The van der Waals surface area contributed by atoms with E-state index in [1.807, 2.05) is 36.4 Å². The SMILES string of the molecule is CCCCOc1ccc2ccccc2c1C=NNc1ccccc1C(=O)O. The van der Waals surface area contributed by atoms with Crippen LogP contribution in [0.25, 0.3) is 10.8 Å². The molecule has 0 heterocycles. The second kappa shape index (κ2) is 8.85. The maximum atomic E-state index is 11.3. The molecule has 0 saturated carbocycles. The summed E-state index contributed by atoms with van der Waals surface area (Å²) in [5, 5.41) is 15.7. The summed E-state index contributed by atoms with van der Waals surface area (Å²) in [6.45, 7) is 2.76. The van der Waals surface area contributed by atoms with Crippen molar-refractivity contribution in [2.75, 3.05) is 12.0 Å². The number of benzene rings is 3.